The molecule has 0 heterocycles. The van der Waals surface area contributed by atoms with Gasteiger partial charge >= 0.3 is 25.7 Å². The van der Waals surface area contributed by atoms with Crippen molar-refractivity contribution in [3.8, 4) is 0 Å². The van der Waals surface area contributed by atoms with E-state index in [-0.39, 0.29) is 25.9 Å². The van der Waals surface area contributed by atoms with Crippen LogP contribution in [0.4, 0.5) is 0 Å². The number of esters is 3. The van der Waals surface area contributed by atoms with Crippen molar-refractivity contribution in [1.82, 2.24) is 0 Å². The van der Waals surface area contributed by atoms with E-state index >= 15 is 0 Å². The van der Waals surface area contributed by atoms with Crippen LogP contribution < -0.4 is 0 Å². The van der Waals surface area contributed by atoms with Gasteiger partial charge in [-0.2, -0.15) is 0 Å². The third kappa shape index (κ3) is 61.0. The number of carbonyl (C=O) groups excluding carboxylic acids is 3. The van der Waals surface area contributed by atoms with Crippen molar-refractivity contribution in [2.24, 2.45) is 0 Å². The van der Waals surface area contributed by atoms with E-state index in [1.165, 1.54) is 83.5 Å². The van der Waals surface area contributed by atoms with Gasteiger partial charge in [0.25, 0.3) is 0 Å². The van der Waals surface area contributed by atoms with Crippen molar-refractivity contribution in [3.63, 3.8) is 0 Å². The molecule has 0 aromatic heterocycles. The van der Waals surface area contributed by atoms with E-state index in [0.29, 0.717) is 19.3 Å². The molecule has 12 heteroatoms. The predicted molar refractivity (Wildman–Crippen MR) is 344 cm³/mol. The normalized spacial score (nSPS) is 13.9. The van der Waals surface area contributed by atoms with E-state index in [4.69, 9.17) is 23.3 Å². The maximum Gasteiger partial charge on any atom is 0.472 e. The first-order chi connectivity index (χ1) is 40.2. The van der Waals surface area contributed by atoms with Crippen molar-refractivity contribution >= 4 is 25.7 Å². The number of unbranched alkanes of at least 4 members (excludes halogenated alkanes) is 28. The molecule has 0 aromatic rings. The molecule has 0 amide bonds. The third-order valence-corrected chi connectivity index (χ3v) is 15.0. The van der Waals surface area contributed by atoms with E-state index < -0.39 is 57.8 Å². The zero-order valence-electron chi connectivity index (χ0n) is 52.4. The smallest absolute Gasteiger partial charge is 0.462 e. The summed E-state index contributed by atoms with van der Waals surface area (Å²) < 4.78 is 39.7. The lowest BCUT2D eigenvalue weighted by Gasteiger charge is -2.21. The number of carbonyl (C=O) groups is 3. The Labute approximate surface area is 502 Å². The highest BCUT2D eigenvalue weighted by Crippen LogP contribution is 2.43. The molecule has 0 aliphatic carbocycles. The van der Waals surface area contributed by atoms with E-state index in [2.05, 4.69) is 118 Å². The lowest BCUT2D eigenvalue weighted by Crippen LogP contribution is -2.30. The summed E-state index contributed by atoms with van der Waals surface area (Å²) in [4.78, 5) is 48.8. The fraction of sp³-hybridized carbons (Fsp3) is 0.729. The first-order valence-corrected chi connectivity index (χ1v) is 34.6. The van der Waals surface area contributed by atoms with Crippen LogP contribution in [0.15, 0.2) is 97.2 Å². The van der Waals surface area contributed by atoms with Gasteiger partial charge in [-0.15, -0.1) is 0 Å². The van der Waals surface area contributed by atoms with Crippen molar-refractivity contribution in [2.75, 3.05) is 26.4 Å². The van der Waals surface area contributed by atoms with Gasteiger partial charge in [-0.1, -0.05) is 272 Å². The second-order valence-electron chi connectivity index (χ2n) is 21.9. The number of hydrogen-bond donors (Lipinski definition) is 2. The molecule has 11 nitrogen and oxygen atoms in total. The number of allylic oxidation sites excluding steroid dienone is 16. The molecule has 3 atom stereocenters. The molecule has 0 aliphatic rings. The largest absolute Gasteiger partial charge is 0.472 e. The molecule has 0 rings (SSSR count). The fourth-order valence-corrected chi connectivity index (χ4v) is 9.83. The summed E-state index contributed by atoms with van der Waals surface area (Å²) in [6.07, 6.45) is 76.4. The number of aliphatic hydroxyl groups excluding tert-OH is 1. The summed E-state index contributed by atoms with van der Waals surface area (Å²) in [5, 5.41) is 9.87. The van der Waals surface area contributed by atoms with Crippen LogP contribution in [-0.4, -0.2) is 66.5 Å². The summed E-state index contributed by atoms with van der Waals surface area (Å²) >= 11 is 0. The van der Waals surface area contributed by atoms with E-state index in [9.17, 15) is 28.9 Å². The Morgan fingerprint density at radius 2 is 0.634 bits per heavy atom. The zero-order chi connectivity index (χ0) is 59.8. The molecule has 0 spiro atoms. The van der Waals surface area contributed by atoms with Crippen LogP contribution in [-0.2, 0) is 42.2 Å². The number of aliphatic hydroxyl groups is 1. The Bertz CT molecular complexity index is 1750. The third-order valence-electron chi connectivity index (χ3n) is 14.0. The zero-order valence-corrected chi connectivity index (χ0v) is 53.3. The van der Waals surface area contributed by atoms with Crippen molar-refractivity contribution in [2.45, 2.75) is 303 Å². The number of ether oxygens (including phenoxy) is 3. The first kappa shape index (κ1) is 78.4. The molecule has 0 bridgehead atoms. The molecule has 0 aliphatic heterocycles. The minimum atomic E-state index is -4.77. The van der Waals surface area contributed by atoms with Gasteiger partial charge < -0.3 is 24.2 Å². The van der Waals surface area contributed by atoms with Gasteiger partial charge in [-0.25, -0.2) is 4.57 Å². The number of hydrogen-bond acceptors (Lipinski definition) is 10. The van der Waals surface area contributed by atoms with Crippen molar-refractivity contribution in [1.29, 1.82) is 0 Å². The minimum Gasteiger partial charge on any atom is -0.462 e. The Kier molecular flexibility index (Phi) is 60.6. The Morgan fingerprint density at radius 1 is 0.354 bits per heavy atom. The van der Waals surface area contributed by atoms with Crippen LogP contribution in [0.3, 0.4) is 0 Å². The highest BCUT2D eigenvalue weighted by molar-refractivity contribution is 7.47. The summed E-state index contributed by atoms with van der Waals surface area (Å²) in [5.41, 5.74) is 0. The van der Waals surface area contributed by atoms with Gasteiger partial charge in [-0.05, 0) is 96.3 Å². The van der Waals surface area contributed by atoms with Gasteiger partial charge in [0.15, 0.2) is 6.10 Å². The van der Waals surface area contributed by atoms with Gasteiger partial charge in [-0.3, -0.25) is 23.4 Å². The molecule has 0 radical (unpaired) electrons. The molecular formula is C70H121O11P. The monoisotopic (exact) mass is 1170 g/mol. The molecule has 0 saturated carbocycles. The predicted octanol–water partition coefficient (Wildman–Crippen LogP) is 20.4. The standard InChI is InChI=1S/C70H121O11P/c1-4-7-10-13-16-19-22-25-28-31-33-36-38-41-44-47-50-53-56-59-68(72)77-63-67(81-70(74)61-58-55-52-49-46-43-40-37-34-32-29-26-23-20-17-14-11-8-5-2)65-79-82(75,76)78-64-66(62-71)80-69(73)60-57-54-51-48-45-42-39-35-30-27-24-21-18-15-12-9-6-3/h7-8,10-11,16-17,19-20,25-26,28-29,33-34,36-37,66-67,71H,4-6,9,12-15,18,21-24,27,30-32,35,38-65H2,1-3H3,(H,75,76)/b10-7-,11-8-,19-16-,20-17-,28-25-,29-26-,36-33-,37-34-. The van der Waals surface area contributed by atoms with Crippen LogP contribution >= 0.6 is 7.82 Å². The van der Waals surface area contributed by atoms with Crippen molar-refractivity contribution in [3.05, 3.63) is 97.2 Å². The van der Waals surface area contributed by atoms with Crippen molar-refractivity contribution < 1.29 is 52.2 Å². The van der Waals surface area contributed by atoms with Gasteiger partial charge in [0, 0.05) is 19.3 Å². The van der Waals surface area contributed by atoms with Gasteiger partial charge in [0.1, 0.15) is 12.7 Å². The molecule has 3 unspecified atom stereocenters. The minimum absolute atomic E-state index is 0.145. The Hall–Kier alpha value is -3.60. The highest BCUT2D eigenvalue weighted by Gasteiger charge is 2.28. The number of phosphoric acid groups is 1. The summed E-state index contributed by atoms with van der Waals surface area (Å²) in [7, 11) is -4.77. The first-order valence-electron chi connectivity index (χ1n) is 33.1. The van der Waals surface area contributed by atoms with Crippen LogP contribution in [0.25, 0.3) is 0 Å². The summed E-state index contributed by atoms with van der Waals surface area (Å²) in [6, 6.07) is 0. The molecular weight excluding hydrogens is 1050 g/mol. The number of rotatable bonds is 61. The van der Waals surface area contributed by atoms with Crippen LogP contribution in [0.2, 0.25) is 0 Å². The summed E-state index contributed by atoms with van der Waals surface area (Å²) in [5.74, 6) is -1.49. The maximum atomic E-state index is 13.0. The molecule has 0 saturated heterocycles. The number of phosphoric ester groups is 1. The van der Waals surface area contributed by atoms with E-state index in [0.717, 1.165) is 148 Å². The van der Waals surface area contributed by atoms with Crippen LogP contribution in [0.5, 0.6) is 0 Å². The highest BCUT2D eigenvalue weighted by atomic mass is 31.2. The molecule has 82 heavy (non-hydrogen) atoms. The quantitative estimate of drug-likeness (QED) is 0.0197. The molecule has 472 valence electrons. The fourth-order valence-electron chi connectivity index (χ4n) is 9.05. The second-order valence-corrected chi connectivity index (χ2v) is 23.3. The maximum absolute atomic E-state index is 13.0. The molecule has 0 fully saturated rings. The molecule has 0 aromatic carbocycles. The SMILES string of the molecule is CC/C=C\C/C=C\C/C=C\C/C=C\CCCCCCCCC(=O)OCC(COP(=O)(O)OCC(CO)OC(=O)CCCCCCCCCCCCCCCCCCC)OC(=O)CCCCCCCC/C=C\C/C=C\C/C=C\C/C=C\CC. The van der Waals surface area contributed by atoms with Crippen LogP contribution in [0.1, 0.15) is 290 Å². The van der Waals surface area contributed by atoms with Gasteiger partial charge in [0.05, 0.1) is 19.8 Å². The lowest BCUT2D eigenvalue weighted by molar-refractivity contribution is -0.161. The van der Waals surface area contributed by atoms with Gasteiger partial charge in [0.2, 0.25) is 0 Å². The average Bonchev–Trinajstić information content (AvgIpc) is 3.47. The van der Waals surface area contributed by atoms with E-state index in [1.54, 1.807) is 0 Å². The Balaban J connectivity index is 4.74. The summed E-state index contributed by atoms with van der Waals surface area (Å²) in [6.45, 7) is 4.43. The van der Waals surface area contributed by atoms with Crippen LogP contribution in [0, 0.1) is 0 Å². The topological polar surface area (TPSA) is 155 Å². The Morgan fingerprint density at radius 3 is 0.976 bits per heavy atom. The molecule has 2 N–H and O–H groups in total. The second kappa shape index (κ2) is 63.4. The lowest BCUT2D eigenvalue weighted by atomic mass is 10.0. The van der Waals surface area contributed by atoms with E-state index in [1.807, 2.05) is 0 Å². The average molecular weight is 1170 g/mol.